The second-order valence-corrected chi connectivity index (χ2v) is 12.0. The van der Waals surface area contributed by atoms with Gasteiger partial charge in [-0.2, -0.15) is 0 Å². The van der Waals surface area contributed by atoms with E-state index in [4.69, 9.17) is 14.6 Å². The Balaban J connectivity index is 0.000000795. The maximum atomic E-state index is 8.89. The van der Waals surface area contributed by atoms with Crippen molar-refractivity contribution >= 4 is 29.1 Å². The third-order valence-electron chi connectivity index (χ3n) is 6.16. The van der Waals surface area contributed by atoms with Crippen LogP contribution in [-0.4, -0.2) is 13.1 Å². The normalized spacial score (nSPS) is 10.8. The lowest BCUT2D eigenvalue weighted by Crippen LogP contribution is -2.36. The molecule has 4 heteroatoms. The summed E-state index contributed by atoms with van der Waals surface area (Å²) in [6, 6.07) is 35.5. The second kappa shape index (κ2) is 11.8. The van der Waals surface area contributed by atoms with Crippen molar-refractivity contribution in [2.24, 2.45) is 0 Å². The largest absolute Gasteiger partial charge is 0.550 e. The number of aliphatic carboxylic acids is 1. The molecule has 0 heterocycles. The molecule has 180 valence electrons. The number of rotatable bonds is 6. The number of benzene rings is 4. The molecule has 0 aliphatic rings. The molecule has 0 unspecified atom stereocenters. The van der Waals surface area contributed by atoms with Gasteiger partial charge in [0.1, 0.15) is 28.9 Å². The van der Waals surface area contributed by atoms with Crippen LogP contribution < -0.4 is 25.8 Å². The Labute approximate surface area is 209 Å². The Morgan fingerprint density at radius 1 is 0.686 bits per heavy atom. The van der Waals surface area contributed by atoms with E-state index in [9.17, 15) is 0 Å². The van der Waals surface area contributed by atoms with Crippen molar-refractivity contribution in [1.82, 2.24) is 0 Å². The average Bonchev–Trinajstić information content (AvgIpc) is 2.84. The van der Waals surface area contributed by atoms with Gasteiger partial charge in [0.25, 0.3) is 0 Å². The second-order valence-electron chi connectivity index (χ2n) is 8.67. The Morgan fingerprint density at radius 2 is 1.03 bits per heavy atom. The van der Waals surface area contributed by atoms with Crippen LogP contribution in [0.15, 0.2) is 97.1 Å². The van der Waals surface area contributed by atoms with Crippen LogP contribution in [-0.2, 0) is 11.0 Å². The molecule has 0 saturated carbocycles. The number of carbonyl (C=O) groups is 1. The zero-order valence-corrected chi connectivity index (χ0v) is 22.0. The fraction of sp³-hybridized carbons (Fsp3) is 0.194. The topological polar surface area (TPSA) is 49.4 Å². The highest BCUT2D eigenvalue weighted by atomic mass is 31.2. The van der Waals surface area contributed by atoms with Crippen LogP contribution in [0.3, 0.4) is 0 Å². The summed E-state index contributed by atoms with van der Waals surface area (Å²) in [5.41, 5.74) is 5.41. The number of aryl methyl sites for hydroxylation is 3. The molecule has 4 aromatic carbocycles. The van der Waals surface area contributed by atoms with Gasteiger partial charge in [0.15, 0.2) is 0 Å². The van der Waals surface area contributed by atoms with E-state index in [0.29, 0.717) is 0 Å². The summed E-state index contributed by atoms with van der Waals surface area (Å²) in [4.78, 5) is 8.89. The maximum absolute atomic E-state index is 8.89. The molecule has 0 aromatic heterocycles. The van der Waals surface area contributed by atoms with Crippen molar-refractivity contribution in [1.29, 1.82) is 0 Å². The summed E-state index contributed by atoms with van der Waals surface area (Å²) in [5.74, 6) is -0.185. The molecule has 0 aliphatic carbocycles. The van der Waals surface area contributed by atoms with Crippen LogP contribution in [0.1, 0.15) is 29.2 Å². The summed E-state index contributed by atoms with van der Waals surface area (Å²) in [7, 11) is -0.230. The molecule has 0 amide bonds. The Kier molecular flexibility index (Phi) is 8.84. The quantitative estimate of drug-likeness (QED) is 0.367. The van der Waals surface area contributed by atoms with E-state index in [-0.39, 0.29) is 0 Å². The minimum absolute atomic E-state index is 0.898. The molecule has 0 radical (unpaired) electrons. The molecule has 0 aliphatic heterocycles. The van der Waals surface area contributed by atoms with E-state index in [1.54, 1.807) is 7.11 Å². The Hall–Kier alpha value is -3.42. The van der Waals surface area contributed by atoms with E-state index >= 15 is 0 Å². The molecule has 0 fully saturated rings. The number of carbonyl (C=O) groups excluding carboxylic acids is 1. The first kappa shape index (κ1) is 26.2. The maximum Gasteiger partial charge on any atom is 0.118 e. The third kappa shape index (κ3) is 5.99. The van der Waals surface area contributed by atoms with Crippen LogP contribution in [0.5, 0.6) is 5.75 Å². The molecule has 0 saturated heterocycles. The van der Waals surface area contributed by atoms with Crippen LogP contribution in [0.2, 0.25) is 0 Å². The molecule has 0 N–H and O–H groups in total. The van der Waals surface area contributed by atoms with E-state index in [1.165, 1.54) is 38.2 Å². The summed E-state index contributed by atoms with van der Waals surface area (Å²) in [6.07, 6.45) is 0.984. The highest BCUT2D eigenvalue weighted by Crippen LogP contribution is 2.60. The van der Waals surface area contributed by atoms with Crippen LogP contribution in [0.4, 0.5) is 0 Å². The van der Waals surface area contributed by atoms with E-state index in [0.717, 1.165) is 18.8 Å². The number of carboxylic acid groups (broad SMARTS) is 1. The highest BCUT2D eigenvalue weighted by Gasteiger charge is 2.48. The standard InChI is InChI=1S/C29H30OP.C2H4O2/c1-22-11-5-8-14-27(22)31(28-15-9-6-12-23(28)2,29-16-10-7-13-24(29)3)21-25-17-19-26(30-4)20-18-25;1-2(3)4/h5-20H,21H2,1-4H3;1H3,(H,3,4)/q+1;/p-1. The van der Waals surface area contributed by atoms with Crippen LogP contribution in [0, 0.1) is 20.8 Å². The van der Waals surface area contributed by atoms with Gasteiger partial charge < -0.3 is 14.6 Å². The smallest absolute Gasteiger partial charge is 0.118 e. The molecule has 4 rings (SSSR count). The Bertz CT molecular complexity index is 1160. The molecule has 0 spiro atoms. The summed E-state index contributed by atoms with van der Waals surface area (Å²) in [5, 5.41) is 13.3. The Morgan fingerprint density at radius 3 is 1.34 bits per heavy atom. The van der Waals surface area contributed by atoms with Crippen molar-refractivity contribution in [3.8, 4) is 5.75 Å². The van der Waals surface area contributed by atoms with Gasteiger partial charge in [-0.1, -0.05) is 66.7 Å². The van der Waals surface area contributed by atoms with Crippen molar-refractivity contribution < 1.29 is 14.6 Å². The minimum atomic E-state index is -1.95. The predicted molar refractivity (Wildman–Crippen MR) is 147 cm³/mol. The fourth-order valence-electron chi connectivity index (χ4n) is 4.62. The van der Waals surface area contributed by atoms with Crippen LogP contribution in [0.25, 0.3) is 0 Å². The molecule has 35 heavy (non-hydrogen) atoms. The van der Waals surface area contributed by atoms with Crippen molar-refractivity contribution in [3.05, 3.63) is 119 Å². The van der Waals surface area contributed by atoms with Crippen LogP contribution >= 0.6 is 7.26 Å². The first-order chi connectivity index (χ1) is 16.8. The lowest BCUT2D eigenvalue weighted by molar-refractivity contribution is -0.302. The third-order valence-corrected chi connectivity index (χ3v) is 11.0. The number of hydrogen-bond acceptors (Lipinski definition) is 3. The van der Waals surface area contributed by atoms with Gasteiger partial charge in [0, 0.05) is 5.97 Å². The fourth-order valence-corrected chi connectivity index (χ4v) is 9.72. The SMILES string of the molecule is CC(=O)[O-].COc1ccc(C[P+](c2ccccc2C)(c2ccccc2C)c2ccccc2C)cc1. The molecule has 4 aromatic rings. The van der Waals surface area contributed by atoms with Gasteiger partial charge in [-0.15, -0.1) is 0 Å². The van der Waals surface area contributed by atoms with Gasteiger partial charge in [-0.25, -0.2) is 0 Å². The van der Waals surface area contributed by atoms with Gasteiger partial charge in [-0.05, 0) is 80.3 Å². The first-order valence-electron chi connectivity index (χ1n) is 11.7. The molecular formula is C31H33O3P. The lowest BCUT2D eigenvalue weighted by Gasteiger charge is -2.31. The van der Waals surface area contributed by atoms with Gasteiger partial charge in [0.05, 0.1) is 13.3 Å². The molecule has 3 nitrogen and oxygen atoms in total. The van der Waals surface area contributed by atoms with E-state index in [2.05, 4.69) is 118 Å². The summed E-state index contributed by atoms with van der Waals surface area (Å²) >= 11 is 0. The minimum Gasteiger partial charge on any atom is -0.550 e. The monoisotopic (exact) mass is 484 g/mol. The van der Waals surface area contributed by atoms with Gasteiger partial charge in [-0.3, -0.25) is 0 Å². The highest BCUT2D eigenvalue weighted by molar-refractivity contribution is 7.95. The number of methoxy groups -OCH3 is 1. The zero-order chi connectivity index (χ0) is 25.4. The summed E-state index contributed by atoms with van der Waals surface area (Å²) < 4.78 is 5.42. The van der Waals surface area contributed by atoms with E-state index in [1.807, 2.05) is 0 Å². The number of hydrogen-bond donors (Lipinski definition) is 0. The van der Waals surface area contributed by atoms with E-state index < -0.39 is 13.2 Å². The first-order valence-corrected chi connectivity index (χ1v) is 13.6. The lowest BCUT2D eigenvalue weighted by atomic mass is 10.2. The average molecular weight is 485 g/mol. The van der Waals surface area contributed by atoms with Gasteiger partial charge in [0.2, 0.25) is 0 Å². The predicted octanol–water partition coefficient (Wildman–Crippen LogP) is 4.87. The molecular weight excluding hydrogens is 451 g/mol. The van der Waals surface area contributed by atoms with Crippen molar-refractivity contribution in [2.45, 2.75) is 33.9 Å². The van der Waals surface area contributed by atoms with Crippen molar-refractivity contribution in [2.75, 3.05) is 7.11 Å². The number of ether oxygens (including phenoxy) is 1. The van der Waals surface area contributed by atoms with Crippen molar-refractivity contribution in [3.63, 3.8) is 0 Å². The summed E-state index contributed by atoms with van der Waals surface area (Å²) in [6.45, 7) is 7.75. The number of carboxylic acids is 1. The zero-order valence-electron chi connectivity index (χ0n) is 21.1. The molecule has 0 bridgehead atoms. The molecule has 0 atom stereocenters. The van der Waals surface area contributed by atoms with Gasteiger partial charge >= 0.3 is 0 Å².